The summed E-state index contributed by atoms with van der Waals surface area (Å²) in [6.45, 7) is -0.203. The number of aromatic nitrogens is 2. The number of aliphatic hydroxyl groups excluding tert-OH is 1. The number of benzene rings is 3. The lowest BCUT2D eigenvalue weighted by Gasteiger charge is -2.13. The summed E-state index contributed by atoms with van der Waals surface area (Å²) < 4.78 is 7.60. The molecule has 0 bridgehead atoms. The van der Waals surface area contributed by atoms with Gasteiger partial charge < -0.3 is 19.7 Å². The maximum absolute atomic E-state index is 12.7. The van der Waals surface area contributed by atoms with Crippen LogP contribution in [0.25, 0.3) is 11.0 Å². The maximum Gasteiger partial charge on any atom is 0.244 e. The molecule has 0 saturated heterocycles. The number of carbonyl (C=O) groups excluding carboxylic acids is 1. The predicted octanol–water partition coefficient (Wildman–Crippen LogP) is 3.96. The molecule has 6 heteroatoms. The average Bonchev–Trinajstić information content (AvgIpc) is 3.08. The molecule has 1 heterocycles. The third kappa shape index (κ3) is 3.72. The molecule has 0 aliphatic rings. The van der Waals surface area contributed by atoms with Crippen LogP contribution in [0.1, 0.15) is 5.82 Å². The van der Waals surface area contributed by atoms with Gasteiger partial charge in [0.25, 0.3) is 0 Å². The number of ether oxygens (including phenoxy) is 1. The largest absolute Gasteiger partial charge is 0.455 e. The molecule has 0 radical (unpaired) electrons. The summed E-state index contributed by atoms with van der Waals surface area (Å²) in [4.78, 5) is 17.1. The summed E-state index contributed by atoms with van der Waals surface area (Å²) in [5.41, 5.74) is 2.12. The lowest BCUT2D eigenvalue weighted by Crippen LogP contribution is -2.20. The number of nitrogens with zero attached hydrogens (tertiary/aromatic N) is 2. The molecule has 0 saturated carbocycles. The molecule has 2 N–H and O–H groups in total. The van der Waals surface area contributed by atoms with E-state index in [0.717, 1.165) is 11.0 Å². The van der Waals surface area contributed by atoms with Crippen LogP contribution >= 0.6 is 0 Å². The fourth-order valence-electron chi connectivity index (χ4n) is 3.03. The van der Waals surface area contributed by atoms with Crippen LogP contribution < -0.4 is 10.1 Å². The molecule has 28 heavy (non-hydrogen) atoms. The van der Waals surface area contributed by atoms with Crippen molar-refractivity contribution in [1.29, 1.82) is 0 Å². The number of hydrogen-bond donors (Lipinski definition) is 2. The minimum absolute atomic E-state index is 0.0378. The van der Waals surface area contributed by atoms with Gasteiger partial charge in [0.05, 0.1) is 16.7 Å². The van der Waals surface area contributed by atoms with Crippen LogP contribution in [0.5, 0.6) is 11.5 Å². The van der Waals surface area contributed by atoms with Gasteiger partial charge in [-0.25, -0.2) is 4.98 Å². The highest BCUT2D eigenvalue weighted by atomic mass is 16.5. The Labute approximate surface area is 162 Å². The van der Waals surface area contributed by atoms with Crippen molar-refractivity contribution in [3.8, 4) is 11.5 Å². The first-order chi connectivity index (χ1) is 13.7. The van der Waals surface area contributed by atoms with Gasteiger partial charge in [-0.3, -0.25) is 4.79 Å². The fraction of sp³-hybridized carbons (Fsp3) is 0.0909. The van der Waals surface area contributed by atoms with Gasteiger partial charge in [0.15, 0.2) is 5.75 Å². The molecular weight excluding hydrogens is 354 g/mol. The topological polar surface area (TPSA) is 76.4 Å². The summed E-state index contributed by atoms with van der Waals surface area (Å²) >= 11 is 0. The third-order valence-electron chi connectivity index (χ3n) is 4.31. The smallest absolute Gasteiger partial charge is 0.244 e. The van der Waals surface area contributed by atoms with Crippen LogP contribution in [0, 0.1) is 0 Å². The Morgan fingerprint density at radius 2 is 1.68 bits per heavy atom. The molecule has 0 aliphatic heterocycles. The Kier molecular flexibility index (Phi) is 5.03. The predicted molar refractivity (Wildman–Crippen MR) is 107 cm³/mol. The Balaban J connectivity index is 1.55. The molecule has 4 rings (SSSR count). The van der Waals surface area contributed by atoms with Crippen molar-refractivity contribution in [2.24, 2.45) is 0 Å². The van der Waals surface area contributed by atoms with E-state index in [2.05, 4.69) is 10.3 Å². The van der Waals surface area contributed by atoms with Crippen molar-refractivity contribution < 1.29 is 14.6 Å². The normalized spacial score (nSPS) is 10.8. The Bertz CT molecular complexity index is 1110. The van der Waals surface area contributed by atoms with Crippen LogP contribution in [0.2, 0.25) is 0 Å². The Hall–Kier alpha value is -3.64. The van der Waals surface area contributed by atoms with Crippen molar-refractivity contribution in [1.82, 2.24) is 9.55 Å². The molecule has 1 aromatic heterocycles. The summed E-state index contributed by atoms with van der Waals surface area (Å²) in [6, 6.07) is 24.1. The molecule has 3 aromatic carbocycles. The third-order valence-corrected chi connectivity index (χ3v) is 4.31. The van der Waals surface area contributed by atoms with E-state index in [0.29, 0.717) is 23.0 Å². The van der Waals surface area contributed by atoms with Crippen molar-refractivity contribution in [3.63, 3.8) is 0 Å². The molecular formula is C22H19N3O3. The highest BCUT2D eigenvalue weighted by molar-refractivity contribution is 5.93. The summed E-state index contributed by atoms with van der Waals surface area (Å²) in [6.07, 6.45) is 0. The molecule has 1 amide bonds. The van der Waals surface area contributed by atoms with Gasteiger partial charge in [-0.05, 0) is 36.4 Å². The number of anilines is 1. The van der Waals surface area contributed by atoms with E-state index in [9.17, 15) is 9.90 Å². The highest BCUT2D eigenvalue weighted by Crippen LogP contribution is 2.29. The second-order valence-corrected chi connectivity index (χ2v) is 6.22. The number of aliphatic hydroxyl groups is 1. The SMILES string of the molecule is O=C(Cn1c(CO)nc2ccccc21)Nc1ccccc1Oc1ccccc1. The van der Waals surface area contributed by atoms with E-state index in [-0.39, 0.29) is 19.1 Å². The molecule has 6 nitrogen and oxygen atoms in total. The van der Waals surface area contributed by atoms with Crippen LogP contribution in [-0.4, -0.2) is 20.6 Å². The van der Waals surface area contributed by atoms with Crippen molar-refractivity contribution in [3.05, 3.63) is 84.7 Å². The first-order valence-corrected chi connectivity index (χ1v) is 8.91. The quantitative estimate of drug-likeness (QED) is 0.536. The van der Waals surface area contributed by atoms with Crippen LogP contribution in [0.3, 0.4) is 0 Å². The van der Waals surface area contributed by atoms with Crippen molar-refractivity contribution >= 4 is 22.6 Å². The molecule has 0 aliphatic carbocycles. The number of fused-ring (bicyclic) bond motifs is 1. The number of nitrogens with one attached hydrogen (secondary N) is 1. The van der Waals surface area contributed by atoms with E-state index in [1.165, 1.54) is 0 Å². The van der Waals surface area contributed by atoms with E-state index >= 15 is 0 Å². The lowest BCUT2D eigenvalue weighted by molar-refractivity contribution is -0.116. The van der Waals surface area contributed by atoms with Gasteiger partial charge in [-0.15, -0.1) is 0 Å². The fourth-order valence-corrected chi connectivity index (χ4v) is 3.03. The second kappa shape index (κ2) is 7.94. The number of hydrogen-bond acceptors (Lipinski definition) is 4. The Morgan fingerprint density at radius 1 is 0.964 bits per heavy atom. The standard InChI is InChI=1S/C22H19N3O3/c26-15-21-23-17-10-4-6-12-19(17)25(21)14-22(27)24-18-11-5-7-13-20(18)28-16-8-2-1-3-9-16/h1-13,26H,14-15H2,(H,24,27). The highest BCUT2D eigenvalue weighted by Gasteiger charge is 2.14. The minimum atomic E-state index is -0.240. The average molecular weight is 373 g/mol. The van der Waals surface area contributed by atoms with Gasteiger partial charge in [0.2, 0.25) is 5.91 Å². The van der Waals surface area contributed by atoms with Crippen molar-refractivity contribution in [2.45, 2.75) is 13.2 Å². The zero-order chi connectivity index (χ0) is 19.3. The van der Waals surface area contributed by atoms with Gasteiger partial charge in [-0.2, -0.15) is 0 Å². The number of rotatable bonds is 6. The second-order valence-electron chi connectivity index (χ2n) is 6.22. The molecule has 140 valence electrons. The first-order valence-electron chi connectivity index (χ1n) is 8.91. The number of amides is 1. The molecule has 0 fully saturated rings. The lowest BCUT2D eigenvalue weighted by atomic mass is 10.2. The first kappa shape index (κ1) is 17.8. The van der Waals surface area contributed by atoms with Gasteiger partial charge in [-0.1, -0.05) is 42.5 Å². The monoisotopic (exact) mass is 373 g/mol. The van der Waals surface area contributed by atoms with Gasteiger partial charge in [0, 0.05) is 0 Å². The zero-order valence-electron chi connectivity index (χ0n) is 15.1. The van der Waals surface area contributed by atoms with Crippen LogP contribution in [0.4, 0.5) is 5.69 Å². The van der Waals surface area contributed by atoms with Crippen LogP contribution in [0.15, 0.2) is 78.9 Å². The van der Waals surface area contributed by atoms with E-state index < -0.39 is 0 Å². The summed E-state index contributed by atoms with van der Waals surface area (Å²) in [7, 11) is 0. The molecule has 4 aromatic rings. The van der Waals surface area contributed by atoms with E-state index in [1.807, 2.05) is 66.7 Å². The molecule has 0 unspecified atom stereocenters. The van der Waals surface area contributed by atoms with E-state index in [1.54, 1.807) is 16.7 Å². The number of para-hydroxylation sites is 5. The molecule has 0 atom stereocenters. The van der Waals surface area contributed by atoms with E-state index in [4.69, 9.17) is 4.74 Å². The molecule has 0 spiro atoms. The van der Waals surface area contributed by atoms with Crippen LogP contribution in [-0.2, 0) is 17.9 Å². The Morgan fingerprint density at radius 3 is 2.50 bits per heavy atom. The van der Waals surface area contributed by atoms with Crippen molar-refractivity contribution in [2.75, 3.05) is 5.32 Å². The summed E-state index contributed by atoms with van der Waals surface area (Å²) in [5.74, 6) is 1.46. The maximum atomic E-state index is 12.7. The zero-order valence-corrected chi connectivity index (χ0v) is 15.1. The van der Waals surface area contributed by atoms with Gasteiger partial charge >= 0.3 is 0 Å². The summed E-state index contributed by atoms with van der Waals surface area (Å²) in [5, 5.41) is 12.5. The number of imidazole rings is 1. The van der Waals surface area contributed by atoms with Gasteiger partial charge in [0.1, 0.15) is 24.7 Å². The minimum Gasteiger partial charge on any atom is -0.455 e. The number of carbonyl (C=O) groups is 1.